The van der Waals surface area contributed by atoms with Crippen LogP contribution in [0.3, 0.4) is 0 Å². The van der Waals surface area contributed by atoms with Crippen LogP contribution in [0.5, 0.6) is 0 Å². The predicted molar refractivity (Wildman–Crippen MR) is 83.3 cm³/mol. The summed E-state index contributed by atoms with van der Waals surface area (Å²) in [5.74, 6) is 0.878. The Morgan fingerprint density at radius 1 is 1.00 bits per heavy atom. The normalized spacial score (nSPS) is 10.7. The Hall–Kier alpha value is -2.59. The van der Waals surface area contributed by atoms with Crippen LogP contribution in [0, 0.1) is 0 Å². The van der Waals surface area contributed by atoms with Gasteiger partial charge in [-0.05, 0) is 29.8 Å². The van der Waals surface area contributed by atoms with Crippen LogP contribution < -0.4 is 5.73 Å². The average Bonchev–Trinajstić information content (AvgIpc) is 2.98. The van der Waals surface area contributed by atoms with Gasteiger partial charge in [-0.15, -0.1) is 0 Å². The number of nitrogens with two attached hydrogens (primary N) is 1. The van der Waals surface area contributed by atoms with Crippen LogP contribution in [-0.4, -0.2) is 9.55 Å². The SMILES string of the molecule is Nc1ccc(-c2nccn2COCc2ccccc2)cc1. The zero-order valence-electron chi connectivity index (χ0n) is 11.6. The van der Waals surface area contributed by atoms with Gasteiger partial charge in [-0.3, -0.25) is 0 Å². The molecule has 0 radical (unpaired) electrons. The lowest BCUT2D eigenvalue weighted by Crippen LogP contribution is -2.03. The first kappa shape index (κ1) is 13.4. The van der Waals surface area contributed by atoms with Gasteiger partial charge in [0.05, 0.1) is 6.61 Å². The minimum atomic E-state index is 0.467. The van der Waals surface area contributed by atoms with Crippen molar-refractivity contribution in [2.75, 3.05) is 5.73 Å². The molecule has 4 nitrogen and oxygen atoms in total. The van der Waals surface area contributed by atoms with Crippen molar-refractivity contribution in [3.05, 3.63) is 72.6 Å². The molecule has 0 amide bonds. The summed E-state index contributed by atoms with van der Waals surface area (Å²) in [7, 11) is 0. The molecule has 0 atom stereocenters. The van der Waals surface area contributed by atoms with Crippen molar-refractivity contribution in [3.8, 4) is 11.4 Å². The van der Waals surface area contributed by atoms with E-state index in [1.807, 2.05) is 53.2 Å². The van der Waals surface area contributed by atoms with Gasteiger partial charge >= 0.3 is 0 Å². The minimum absolute atomic E-state index is 0.467. The predicted octanol–water partition coefficient (Wildman–Crippen LogP) is 3.31. The first-order valence-electron chi connectivity index (χ1n) is 6.81. The third kappa shape index (κ3) is 3.30. The van der Waals surface area contributed by atoms with E-state index < -0.39 is 0 Å². The Bertz CT molecular complexity index is 690. The summed E-state index contributed by atoms with van der Waals surface area (Å²) in [6.07, 6.45) is 3.69. The highest BCUT2D eigenvalue weighted by atomic mass is 16.5. The second-order valence-corrected chi connectivity index (χ2v) is 4.81. The minimum Gasteiger partial charge on any atom is -0.399 e. The third-order valence-corrected chi connectivity index (χ3v) is 3.23. The largest absolute Gasteiger partial charge is 0.399 e. The monoisotopic (exact) mass is 279 g/mol. The molecule has 0 aliphatic heterocycles. The number of imidazole rings is 1. The Kier molecular flexibility index (Phi) is 3.98. The number of nitrogen functional groups attached to an aromatic ring is 1. The Labute approximate surface area is 123 Å². The van der Waals surface area contributed by atoms with E-state index in [1.54, 1.807) is 6.20 Å². The molecule has 0 bridgehead atoms. The molecule has 3 aromatic rings. The molecule has 2 aromatic carbocycles. The maximum Gasteiger partial charge on any atom is 0.141 e. The van der Waals surface area contributed by atoms with Gasteiger partial charge in [0.1, 0.15) is 12.6 Å². The second kappa shape index (κ2) is 6.24. The Morgan fingerprint density at radius 2 is 1.76 bits per heavy atom. The fourth-order valence-corrected chi connectivity index (χ4v) is 2.14. The summed E-state index contributed by atoms with van der Waals surface area (Å²) in [6, 6.07) is 17.8. The first-order chi connectivity index (χ1) is 10.3. The fourth-order valence-electron chi connectivity index (χ4n) is 2.14. The number of hydrogen-bond donors (Lipinski definition) is 1. The molecule has 0 unspecified atom stereocenters. The van der Waals surface area contributed by atoms with Crippen LogP contribution in [0.4, 0.5) is 5.69 Å². The van der Waals surface area contributed by atoms with Gasteiger partial charge in [-0.1, -0.05) is 30.3 Å². The third-order valence-electron chi connectivity index (χ3n) is 3.23. The van der Waals surface area contributed by atoms with Gasteiger partial charge in [0, 0.05) is 23.6 Å². The fraction of sp³-hybridized carbons (Fsp3) is 0.118. The smallest absolute Gasteiger partial charge is 0.141 e. The number of anilines is 1. The highest BCUT2D eigenvalue weighted by Crippen LogP contribution is 2.19. The lowest BCUT2D eigenvalue weighted by atomic mass is 10.2. The van der Waals surface area contributed by atoms with Crippen molar-refractivity contribution in [3.63, 3.8) is 0 Å². The van der Waals surface area contributed by atoms with Crippen LogP contribution in [0.1, 0.15) is 5.56 Å². The summed E-state index contributed by atoms with van der Waals surface area (Å²) in [5.41, 5.74) is 8.64. The zero-order valence-corrected chi connectivity index (χ0v) is 11.6. The molecule has 106 valence electrons. The van der Waals surface area contributed by atoms with E-state index in [-0.39, 0.29) is 0 Å². The van der Waals surface area contributed by atoms with E-state index in [2.05, 4.69) is 17.1 Å². The van der Waals surface area contributed by atoms with Gasteiger partial charge in [0.25, 0.3) is 0 Å². The lowest BCUT2D eigenvalue weighted by molar-refractivity contribution is 0.0650. The maximum absolute atomic E-state index is 5.75. The topological polar surface area (TPSA) is 53.1 Å². The molecular weight excluding hydrogens is 262 g/mol. The molecule has 3 rings (SSSR count). The van der Waals surface area contributed by atoms with Crippen molar-refractivity contribution in [1.29, 1.82) is 0 Å². The van der Waals surface area contributed by atoms with Crippen molar-refractivity contribution in [2.45, 2.75) is 13.3 Å². The van der Waals surface area contributed by atoms with Gasteiger partial charge < -0.3 is 15.0 Å². The van der Waals surface area contributed by atoms with Gasteiger partial charge in [0.2, 0.25) is 0 Å². The van der Waals surface area contributed by atoms with Gasteiger partial charge in [0.15, 0.2) is 0 Å². The van der Waals surface area contributed by atoms with Crippen molar-refractivity contribution >= 4 is 5.69 Å². The van der Waals surface area contributed by atoms with E-state index in [0.29, 0.717) is 13.3 Å². The Balaban J connectivity index is 1.67. The van der Waals surface area contributed by atoms with Gasteiger partial charge in [-0.2, -0.15) is 0 Å². The molecule has 0 saturated heterocycles. The van der Waals surface area contributed by atoms with E-state index >= 15 is 0 Å². The molecular formula is C17H17N3O. The summed E-state index contributed by atoms with van der Waals surface area (Å²) >= 11 is 0. The molecule has 0 aliphatic rings. The van der Waals surface area contributed by atoms with E-state index in [4.69, 9.17) is 10.5 Å². The van der Waals surface area contributed by atoms with Crippen LogP contribution in [-0.2, 0) is 18.1 Å². The molecule has 1 heterocycles. The first-order valence-corrected chi connectivity index (χ1v) is 6.81. The zero-order chi connectivity index (χ0) is 14.5. The maximum atomic E-state index is 5.75. The van der Waals surface area contributed by atoms with Crippen LogP contribution in [0.25, 0.3) is 11.4 Å². The number of ether oxygens (including phenoxy) is 1. The van der Waals surface area contributed by atoms with Crippen LogP contribution in [0.15, 0.2) is 67.0 Å². The van der Waals surface area contributed by atoms with Crippen LogP contribution >= 0.6 is 0 Å². The van der Waals surface area contributed by atoms with Crippen LogP contribution in [0.2, 0.25) is 0 Å². The molecule has 0 saturated carbocycles. The number of nitrogens with zero attached hydrogens (tertiary/aromatic N) is 2. The van der Waals surface area contributed by atoms with Crippen molar-refractivity contribution < 1.29 is 4.74 Å². The molecule has 0 fully saturated rings. The van der Waals surface area contributed by atoms with Gasteiger partial charge in [-0.25, -0.2) is 4.98 Å². The summed E-state index contributed by atoms with van der Waals surface area (Å²) in [6.45, 7) is 1.05. The Morgan fingerprint density at radius 3 is 2.52 bits per heavy atom. The van der Waals surface area contributed by atoms with E-state index in [0.717, 1.165) is 22.6 Å². The van der Waals surface area contributed by atoms with Crippen molar-refractivity contribution in [1.82, 2.24) is 9.55 Å². The summed E-state index contributed by atoms with van der Waals surface area (Å²) < 4.78 is 7.73. The van der Waals surface area contributed by atoms with E-state index in [1.165, 1.54) is 0 Å². The quantitative estimate of drug-likeness (QED) is 0.729. The lowest BCUT2D eigenvalue weighted by Gasteiger charge is -2.09. The molecule has 1 aromatic heterocycles. The molecule has 0 spiro atoms. The molecule has 4 heteroatoms. The summed E-state index contributed by atoms with van der Waals surface area (Å²) in [4.78, 5) is 4.38. The molecule has 2 N–H and O–H groups in total. The summed E-state index contributed by atoms with van der Waals surface area (Å²) in [5, 5.41) is 0. The van der Waals surface area contributed by atoms with E-state index in [9.17, 15) is 0 Å². The second-order valence-electron chi connectivity index (χ2n) is 4.81. The molecule has 21 heavy (non-hydrogen) atoms. The highest BCUT2D eigenvalue weighted by molar-refractivity contribution is 5.59. The number of aromatic nitrogens is 2. The standard InChI is InChI=1S/C17H17N3O/c18-16-8-6-15(7-9-16)17-19-10-11-20(17)13-21-12-14-4-2-1-3-5-14/h1-11H,12-13,18H2. The number of benzene rings is 2. The van der Waals surface area contributed by atoms with Crippen molar-refractivity contribution in [2.24, 2.45) is 0 Å². The highest BCUT2D eigenvalue weighted by Gasteiger charge is 2.05. The number of rotatable bonds is 5. The number of hydrogen-bond acceptors (Lipinski definition) is 3. The molecule has 0 aliphatic carbocycles. The average molecular weight is 279 g/mol.